The fourth-order valence-corrected chi connectivity index (χ4v) is 3.12. The Morgan fingerprint density at radius 3 is 2.52 bits per heavy atom. The van der Waals surface area contributed by atoms with Crippen LogP contribution in [-0.4, -0.2) is 23.5 Å². The molecule has 1 aliphatic heterocycles. The van der Waals surface area contributed by atoms with Gasteiger partial charge in [-0.2, -0.15) is 0 Å². The molecule has 4 rings (SSSR count). The predicted molar refractivity (Wildman–Crippen MR) is 121 cm³/mol. The van der Waals surface area contributed by atoms with Crippen molar-refractivity contribution in [2.75, 3.05) is 12.1 Å². The number of amides is 2. The predicted octanol–water partition coefficient (Wildman–Crippen LogP) is 4.04. The van der Waals surface area contributed by atoms with E-state index >= 15 is 0 Å². The van der Waals surface area contributed by atoms with Crippen LogP contribution in [-0.2, 0) is 4.79 Å². The number of nitrogens with one attached hydrogen (secondary N) is 2. The average Bonchev–Trinajstić information content (AvgIpc) is 3.28. The lowest BCUT2D eigenvalue weighted by atomic mass is 10.1. The minimum Gasteiger partial charge on any atom is -0.454 e. The van der Waals surface area contributed by atoms with Crippen molar-refractivity contribution in [2.24, 2.45) is 0 Å². The number of aryl methyl sites for hydroxylation is 1. The molecule has 166 valence electrons. The zero-order valence-corrected chi connectivity index (χ0v) is 17.5. The van der Waals surface area contributed by atoms with Crippen LogP contribution >= 0.6 is 0 Å². The van der Waals surface area contributed by atoms with E-state index in [0.717, 1.165) is 11.6 Å². The highest BCUT2D eigenvalue weighted by atomic mass is 16.7. The van der Waals surface area contributed by atoms with Gasteiger partial charge in [-0.15, -0.1) is 0 Å². The summed E-state index contributed by atoms with van der Waals surface area (Å²) in [6.45, 7) is 2.03. The molecule has 0 fully saturated rings. The first-order chi connectivity index (χ1) is 15.9. The first kappa shape index (κ1) is 21.6. The molecule has 1 aliphatic rings. The van der Waals surface area contributed by atoms with Crippen LogP contribution in [0.4, 0.5) is 11.4 Å². The normalized spacial score (nSPS) is 12.2. The number of carbonyl (C=O) groups is 2. The Bertz CT molecular complexity index is 1270. The van der Waals surface area contributed by atoms with Crippen molar-refractivity contribution in [3.63, 3.8) is 0 Å². The van der Waals surface area contributed by atoms with E-state index in [1.54, 1.807) is 30.3 Å². The van der Waals surface area contributed by atoms with Gasteiger partial charge in [-0.05, 0) is 48.9 Å². The van der Waals surface area contributed by atoms with Gasteiger partial charge in [0.1, 0.15) is 5.70 Å². The first-order valence-corrected chi connectivity index (χ1v) is 9.94. The van der Waals surface area contributed by atoms with Crippen molar-refractivity contribution in [3.05, 3.63) is 99.2 Å². The summed E-state index contributed by atoms with van der Waals surface area (Å²) in [5.41, 5.74) is 1.94. The lowest BCUT2D eigenvalue weighted by Gasteiger charge is -2.12. The van der Waals surface area contributed by atoms with Crippen molar-refractivity contribution in [3.8, 4) is 11.5 Å². The number of rotatable bonds is 6. The third-order valence-corrected chi connectivity index (χ3v) is 4.83. The SMILES string of the molecule is Cc1ccc(NC(=O)/C(=C\c2ccc3c(c2)OCO3)NC(=O)c2cccc([N+](=O)[O-])c2)cc1. The zero-order chi connectivity index (χ0) is 23.4. The van der Waals surface area contributed by atoms with Crippen molar-refractivity contribution in [1.29, 1.82) is 0 Å². The Labute approximate surface area is 188 Å². The lowest BCUT2D eigenvalue weighted by molar-refractivity contribution is -0.384. The maximum absolute atomic E-state index is 13.0. The molecule has 9 heteroatoms. The van der Waals surface area contributed by atoms with Gasteiger partial charge < -0.3 is 20.1 Å². The standard InChI is InChI=1S/C24H19N3O6/c1-15-5-8-18(9-6-15)25-24(29)20(11-16-7-10-21-22(12-16)33-14-32-21)26-23(28)17-3-2-4-19(13-17)27(30)31/h2-13H,14H2,1H3,(H,25,29)(H,26,28)/b20-11+. The number of benzene rings is 3. The van der Waals surface area contributed by atoms with Gasteiger partial charge in [-0.25, -0.2) is 0 Å². The van der Waals surface area contributed by atoms with Crippen LogP contribution in [0, 0.1) is 17.0 Å². The van der Waals surface area contributed by atoms with Crippen LogP contribution in [0.25, 0.3) is 6.08 Å². The molecule has 3 aromatic rings. The van der Waals surface area contributed by atoms with Crippen molar-refractivity contribution < 1.29 is 24.0 Å². The molecule has 33 heavy (non-hydrogen) atoms. The molecule has 0 atom stereocenters. The van der Waals surface area contributed by atoms with Crippen LogP contribution in [0.2, 0.25) is 0 Å². The third kappa shape index (κ3) is 5.16. The molecule has 9 nitrogen and oxygen atoms in total. The summed E-state index contributed by atoms with van der Waals surface area (Å²) in [6.07, 6.45) is 1.49. The number of anilines is 1. The van der Waals surface area contributed by atoms with Gasteiger partial charge in [0.25, 0.3) is 17.5 Å². The van der Waals surface area contributed by atoms with E-state index in [0.29, 0.717) is 22.7 Å². The molecule has 3 aromatic carbocycles. The third-order valence-electron chi connectivity index (χ3n) is 4.83. The number of ether oxygens (including phenoxy) is 2. The summed E-state index contributed by atoms with van der Waals surface area (Å²) in [5, 5.41) is 16.3. The molecule has 0 unspecified atom stereocenters. The van der Waals surface area contributed by atoms with E-state index in [1.165, 1.54) is 24.3 Å². The summed E-state index contributed by atoms with van der Waals surface area (Å²) < 4.78 is 10.7. The van der Waals surface area contributed by atoms with Gasteiger partial charge in [0.05, 0.1) is 4.92 Å². The summed E-state index contributed by atoms with van der Waals surface area (Å²) >= 11 is 0. The minimum absolute atomic E-state index is 0.0453. The number of hydrogen-bond acceptors (Lipinski definition) is 6. The lowest BCUT2D eigenvalue weighted by Crippen LogP contribution is -2.30. The Balaban J connectivity index is 1.63. The number of carbonyl (C=O) groups excluding carboxylic acids is 2. The fraction of sp³-hybridized carbons (Fsp3) is 0.0833. The molecular formula is C24H19N3O6. The molecule has 2 N–H and O–H groups in total. The topological polar surface area (TPSA) is 120 Å². The van der Waals surface area contributed by atoms with Crippen LogP contribution in [0.15, 0.2) is 72.4 Å². The molecule has 0 spiro atoms. The fourth-order valence-electron chi connectivity index (χ4n) is 3.12. The molecule has 0 aromatic heterocycles. The second-order valence-electron chi connectivity index (χ2n) is 7.25. The quantitative estimate of drug-likeness (QED) is 0.336. The highest BCUT2D eigenvalue weighted by Gasteiger charge is 2.18. The number of nitro benzene ring substituents is 1. The average molecular weight is 445 g/mol. The number of hydrogen-bond donors (Lipinski definition) is 2. The van der Waals surface area contributed by atoms with E-state index in [4.69, 9.17) is 9.47 Å². The van der Waals surface area contributed by atoms with Gasteiger partial charge in [0.15, 0.2) is 11.5 Å². The smallest absolute Gasteiger partial charge is 0.272 e. The van der Waals surface area contributed by atoms with Gasteiger partial charge in [-0.1, -0.05) is 29.8 Å². The van der Waals surface area contributed by atoms with E-state index in [2.05, 4.69) is 10.6 Å². The number of nitro groups is 1. The molecule has 0 radical (unpaired) electrons. The number of nitrogens with zero attached hydrogens (tertiary/aromatic N) is 1. The maximum atomic E-state index is 13.0. The Morgan fingerprint density at radius 1 is 1.00 bits per heavy atom. The minimum atomic E-state index is -0.662. The molecular weight excluding hydrogens is 426 g/mol. The molecule has 0 bridgehead atoms. The van der Waals surface area contributed by atoms with Crippen LogP contribution < -0.4 is 20.1 Å². The summed E-state index contributed by atoms with van der Waals surface area (Å²) in [6, 6.07) is 17.5. The molecule has 1 heterocycles. The highest BCUT2D eigenvalue weighted by Crippen LogP contribution is 2.33. The number of fused-ring (bicyclic) bond motifs is 1. The first-order valence-electron chi connectivity index (χ1n) is 9.94. The van der Waals surface area contributed by atoms with Gasteiger partial charge in [-0.3, -0.25) is 19.7 Å². The van der Waals surface area contributed by atoms with Crippen molar-refractivity contribution >= 4 is 29.3 Å². The Morgan fingerprint density at radius 2 is 1.76 bits per heavy atom. The van der Waals surface area contributed by atoms with E-state index in [1.807, 2.05) is 19.1 Å². The molecule has 0 saturated carbocycles. The van der Waals surface area contributed by atoms with Crippen LogP contribution in [0.5, 0.6) is 11.5 Å². The monoisotopic (exact) mass is 445 g/mol. The van der Waals surface area contributed by atoms with E-state index < -0.39 is 16.7 Å². The maximum Gasteiger partial charge on any atom is 0.272 e. The zero-order valence-electron chi connectivity index (χ0n) is 17.5. The van der Waals surface area contributed by atoms with Gasteiger partial charge in [0, 0.05) is 23.4 Å². The second-order valence-corrected chi connectivity index (χ2v) is 7.25. The highest BCUT2D eigenvalue weighted by molar-refractivity contribution is 6.10. The Kier molecular flexibility index (Phi) is 6.03. The van der Waals surface area contributed by atoms with E-state index in [-0.39, 0.29) is 23.7 Å². The largest absolute Gasteiger partial charge is 0.454 e. The van der Waals surface area contributed by atoms with Crippen LogP contribution in [0.3, 0.4) is 0 Å². The number of non-ortho nitro benzene ring substituents is 1. The van der Waals surface area contributed by atoms with Crippen molar-refractivity contribution in [1.82, 2.24) is 5.32 Å². The molecule has 0 aliphatic carbocycles. The molecule has 0 saturated heterocycles. The molecule has 2 amide bonds. The van der Waals surface area contributed by atoms with Crippen LogP contribution in [0.1, 0.15) is 21.5 Å². The van der Waals surface area contributed by atoms with Crippen molar-refractivity contribution in [2.45, 2.75) is 6.92 Å². The van der Waals surface area contributed by atoms with Gasteiger partial charge in [0.2, 0.25) is 6.79 Å². The summed E-state index contributed by atoms with van der Waals surface area (Å²) in [5.74, 6) is -0.120. The van der Waals surface area contributed by atoms with E-state index in [9.17, 15) is 19.7 Å². The Hall–Kier alpha value is -4.66. The second kappa shape index (κ2) is 9.23. The van der Waals surface area contributed by atoms with Gasteiger partial charge >= 0.3 is 0 Å². The summed E-state index contributed by atoms with van der Waals surface area (Å²) in [7, 11) is 0. The summed E-state index contributed by atoms with van der Waals surface area (Å²) in [4.78, 5) is 36.3.